The summed E-state index contributed by atoms with van der Waals surface area (Å²) >= 11 is 5.72. The van der Waals surface area contributed by atoms with E-state index in [0.29, 0.717) is 22.9 Å². The lowest BCUT2D eigenvalue weighted by molar-refractivity contribution is 0.431. The molecule has 0 atom stereocenters. The lowest BCUT2D eigenvalue weighted by Crippen LogP contribution is -1.91. The Hall–Kier alpha value is -2.47. The molecular weight excluding hydrogens is 283 g/mol. The standard InChI is InChI=1S/C13H8ClFN4O/c14-8-6-7(4-5-9(8)15)12-18-13(20-19-12)10-2-1-3-11(16)17-10/h1-6H,(H2,16,17). The number of anilines is 1. The minimum atomic E-state index is -0.503. The average molecular weight is 291 g/mol. The number of nitrogens with two attached hydrogens (primary N) is 1. The van der Waals surface area contributed by atoms with Crippen LogP contribution in [0.25, 0.3) is 23.0 Å². The van der Waals surface area contributed by atoms with Crippen molar-refractivity contribution in [3.63, 3.8) is 0 Å². The van der Waals surface area contributed by atoms with E-state index in [4.69, 9.17) is 21.9 Å². The van der Waals surface area contributed by atoms with Gasteiger partial charge in [-0.05, 0) is 30.3 Å². The van der Waals surface area contributed by atoms with Crippen molar-refractivity contribution in [3.05, 3.63) is 47.2 Å². The Bertz CT molecular complexity index is 775. The van der Waals surface area contributed by atoms with Crippen LogP contribution in [0.2, 0.25) is 5.02 Å². The van der Waals surface area contributed by atoms with Crippen LogP contribution in [-0.4, -0.2) is 15.1 Å². The molecule has 0 saturated carbocycles. The Morgan fingerprint density at radius 2 is 2.00 bits per heavy atom. The third-order valence-corrected chi connectivity index (χ3v) is 2.88. The number of nitrogens with zero attached hydrogens (tertiary/aromatic N) is 3. The molecule has 0 spiro atoms. The van der Waals surface area contributed by atoms with Crippen LogP contribution in [0.5, 0.6) is 0 Å². The predicted molar refractivity (Wildman–Crippen MR) is 72.3 cm³/mol. The quantitative estimate of drug-likeness (QED) is 0.784. The van der Waals surface area contributed by atoms with Gasteiger partial charge < -0.3 is 10.3 Å². The third-order valence-electron chi connectivity index (χ3n) is 2.59. The molecule has 0 aliphatic carbocycles. The first-order valence-corrected chi connectivity index (χ1v) is 6.03. The van der Waals surface area contributed by atoms with E-state index in [1.54, 1.807) is 18.2 Å². The van der Waals surface area contributed by atoms with Crippen molar-refractivity contribution in [2.24, 2.45) is 0 Å². The van der Waals surface area contributed by atoms with Gasteiger partial charge in [-0.2, -0.15) is 4.98 Å². The van der Waals surface area contributed by atoms with E-state index in [-0.39, 0.29) is 10.9 Å². The van der Waals surface area contributed by atoms with Gasteiger partial charge in [0.15, 0.2) is 0 Å². The first-order chi connectivity index (χ1) is 9.63. The summed E-state index contributed by atoms with van der Waals surface area (Å²) in [6.07, 6.45) is 0. The number of aromatic nitrogens is 3. The Labute approximate surface area is 118 Å². The zero-order valence-electron chi connectivity index (χ0n) is 10.0. The molecule has 0 bridgehead atoms. The van der Waals surface area contributed by atoms with Crippen LogP contribution in [-0.2, 0) is 0 Å². The Kier molecular flexibility index (Phi) is 3.08. The Balaban J connectivity index is 1.99. The van der Waals surface area contributed by atoms with E-state index in [1.807, 2.05) is 0 Å². The summed E-state index contributed by atoms with van der Waals surface area (Å²) in [6.45, 7) is 0. The lowest BCUT2D eigenvalue weighted by Gasteiger charge is -1.96. The van der Waals surface area contributed by atoms with Gasteiger partial charge in [0.05, 0.1) is 5.02 Å². The fourth-order valence-corrected chi connectivity index (χ4v) is 1.83. The van der Waals surface area contributed by atoms with Gasteiger partial charge >= 0.3 is 0 Å². The number of benzene rings is 1. The second-order valence-electron chi connectivity index (χ2n) is 4.00. The molecule has 0 aliphatic rings. The second kappa shape index (κ2) is 4.90. The topological polar surface area (TPSA) is 77.8 Å². The number of nitrogen functional groups attached to an aromatic ring is 1. The normalized spacial score (nSPS) is 10.7. The van der Waals surface area contributed by atoms with E-state index in [0.717, 1.165) is 0 Å². The van der Waals surface area contributed by atoms with Crippen molar-refractivity contribution in [2.45, 2.75) is 0 Å². The number of hydrogen-bond acceptors (Lipinski definition) is 5. The van der Waals surface area contributed by atoms with Crippen molar-refractivity contribution in [2.75, 3.05) is 5.73 Å². The summed E-state index contributed by atoms with van der Waals surface area (Å²) in [5, 5.41) is 3.81. The van der Waals surface area contributed by atoms with E-state index in [2.05, 4.69) is 15.1 Å². The minimum absolute atomic E-state index is 0.00377. The van der Waals surface area contributed by atoms with E-state index in [9.17, 15) is 4.39 Å². The Morgan fingerprint density at radius 1 is 1.15 bits per heavy atom. The Morgan fingerprint density at radius 3 is 2.75 bits per heavy atom. The highest BCUT2D eigenvalue weighted by molar-refractivity contribution is 6.31. The van der Waals surface area contributed by atoms with Crippen molar-refractivity contribution in [3.8, 4) is 23.0 Å². The zero-order valence-corrected chi connectivity index (χ0v) is 10.8. The van der Waals surface area contributed by atoms with Gasteiger partial charge in [0.1, 0.15) is 17.3 Å². The molecule has 3 rings (SSSR count). The molecule has 0 aliphatic heterocycles. The maximum atomic E-state index is 13.1. The summed E-state index contributed by atoms with van der Waals surface area (Å²) in [4.78, 5) is 8.26. The third kappa shape index (κ3) is 2.33. The number of halogens is 2. The fourth-order valence-electron chi connectivity index (χ4n) is 1.65. The van der Waals surface area contributed by atoms with Gasteiger partial charge in [-0.1, -0.05) is 22.8 Å². The van der Waals surface area contributed by atoms with Crippen LogP contribution in [0, 0.1) is 5.82 Å². The maximum absolute atomic E-state index is 13.1. The lowest BCUT2D eigenvalue weighted by atomic mass is 10.2. The van der Waals surface area contributed by atoms with Crippen molar-refractivity contribution in [1.29, 1.82) is 0 Å². The molecule has 3 aromatic rings. The molecule has 2 N–H and O–H groups in total. The molecule has 0 saturated heterocycles. The van der Waals surface area contributed by atoms with Crippen LogP contribution in [0.15, 0.2) is 40.9 Å². The molecule has 0 fully saturated rings. The SMILES string of the molecule is Nc1cccc(-c2nc(-c3ccc(F)c(Cl)c3)no2)n1. The number of hydrogen-bond donors (Lipinski definition) is 1. The average Bonchev–Trinajstić information content (AvgIpc) is 2.92. The fraction of sp³-hybridized carbons (Fsp3) is 0. The summed E-state index contributed by atoms with van der Waals surface area (Å²) in [5.74, 6) is 0.377. The largest absolute Gasteiger partial charge is 0.384 e. The summed E-state index contributed by atoms with van der Waals surface area (Å²) < 4.78 is 18.2. The monoisotopic (exact) mass is 290 g/mol. The van der Waals surface area contributed by atoms with Crippen LogP contribution >= 0.6 is 11.6 Å². The molecule has 2 aromatic heterocycles. The smallest absolute Gasteiger partial charge is 0.276 e. The van der Waals surface area contributed by atoms with E-state index < -0.39 is 5.82 Å². The van der Waals surface area contributed by atoms with E-state index >= 15 is 0 Å². The minimum Gasteiger partial charge on any atom is -0.384 e. The molecule has 0 radical (unpaired) electrons. The van der Waals surface area contributed by atoms with E-state index in [1.165, 1.54) is 18.2 Å². The highest BCUT2D eigenvalue weighted by atomic mass is 35.5. The predicted octanol–water partition coefficient (Wildman–Crippen LogP) is 3.17. The molecule has 2 heterocycles. The molecule has 7 heteroatoms. The highest BCUT2D eigenvalue weighted by Gasteiger charge is 2.13. The van der Waals surface area contributed by atoms with Crippen LogP contribution in [0.1, 0.15) is 0 Å². The second-order valence-corrected chi connectivity index (χ2v) is 4.41. The van der Waals surface area contributed by atoms with Gasteiger partial charge in [0, 0.05) is 5.56 Å². The van der Waals surface area contributed by atoms with Gasteiger partial charge in [-0.25, -0.2) is 9.37 Å². The number of rotatable bonds is 2. The van der Waals surface area contributed by atoms with Gasteiger partial charge in [0.25, 0.3) is 5.89 Å². The molecule has 5 nitrogen and oxygen atoms in total. The van der Waals surface area contributed by atoms with Crippen molar-refractivity contribution < 1.29 is 8.91 Å². The number of pyridine rings is 1. The molecular formula is C13H8ClFN4O. The summed E-state index contributed by atoms with van der Waals surface area (Å²) in [6, 6.07) is 9.27. The first kappa shape index (κ1) is 12.6. The van der Waals surface area contributed by atoms with Crippen LogP contribution in [0.4, 0.5) is 10.2 Å². The van der Waals surface area contributed by atoms with Crippen molar-refractivity contribution >= 4 is 17.4 Å². The maximum Gasteiger partial charge on any atom is 0.276 e. The molecule has 100 valence electrons. The highest BCUT2D eigenvalue weighted by Crippen LogP contribution is 2.25. The first-order valence-electron chi connectivity index (χ1n) is 5.65. The summed E-state index contributed by atoms with van der Waals surface area (Å²) in [7, 11) is 0. The van der Waals surface area contributed by atoms with Gasteiger partial charge in [-0.3, -0.25) is 0 Å². The zero-order chi connectivity index (χ0) is 14.1. The van der Waals surface area contributed by atoms with Crippen molar-refractivity contribution in [1.82, 2.24) is 15.1 Å². The summed E-state index contributed by atoms with van der Waals surface area (Å²) in [5.41, 5.74) is 6.61. The van der Waals surface area contributed by atoms with Crippen LogP contribution < -0.4 is 5.73 Å². The molecule has 20 heavy (non-hydrogen) atoms. The van der Waals surface area contributed by atoms with Gasteiger partial charge in [-0.15, -0.1) is 0 Å². The molecule has 0 unspecified atom stereocenters. The van der Waals surface area contributed by atoms with Crippen LogP contribution in [0.3, 0.4) is 0 Å². The molecule has 0 amide bonds. The van der Waals surface area contributed by atoms with Gasteiger partial charge in [0.2, 0.25) is 5.82 Å². The molecule has 1 aromatic carbocycles.